The van der Waals surface area contributed by atoms with Gasteiger partial charge in [0.1, 0.15) is 41.7 Å². The van der Waals surface area contributed by atoms with Crippen LogP contribution in [0.2, 0.25) is 0 Å². The monoisotopic (exact) mass is 940 g/mol. The molecule has 2 aromatic rings. The Bertz CT molecular complexity index is 1870. The van der Waals surface area contributed by atoms with E-state index >= 15 is 0 Å². The average Bonchev–Trinajstić information content (AvgIpc) is 3.70. The van der Waals surface area contributed by atoms with Crippen LogP contribution < -0.4 is 0 Å². The van der Waals surface area contributed by atoms with Crippen LogP contribution in [-0.4, -0.2) is 175 Å². The molecule has 3 saturated heterocycles. The lowest BCUT2D eigenvalue weighted by Crippen LogP contribution is -2.62. The Balaban J connectivity index is 1.48. The molecule has 5 N–H and O–H groups in total. The summed E-state index contributed by atoms with van der Waals surface area (Å²) in [7, 11) is 5.22. The van der Waals surface area contributed by atoms with Crippen LogP contribution in [0.1, 0.15) is 106 Å². The number of aliphatic hydroxyl groups is 5. The summed E-state index contributed by atoms with van der Waals surface area (Å²) in [5.41, 5.74) is -4.04. The van der Waals surface area contributed by atoms with Crippen LogP contribution in [0.5, 0.6) is 0 Å². The van der Waals surface area contributed by atoms with Gasteiger partial charge in [-0.05, 0) is 98.9 Å². The number of aromatic nitrogens is 3. The van der Waals surface area contributed by atoms with Crippen LogP contribution in [0.4, 0.5) is 8.78 Å². The van der Waals surface area contributed by atoms with E-state index in [4.69, 9.17) is 23.7 Å². The highest BCUT2D eigenvalue weighted by Crippen LogP contribution is 2.45. The number of halogens is 2. The Kier molecular flexibility index (Phi) is 18.0. The van der Waals surface area contributed by atoms with E-state index in [2.05, 4.69) is 10.3 Å². The van der Waals surface area contributed by atoms with Crippen molar-refractivity contribution in [3.8, 4) is 0 Å². The highest BCUT2D eigenvalue weighted by atomic mass is 19.1. The van der Waals surface area contributed by atoms with Crippen LogP contribution in [0.15, 0.2) is 24.4 Å². The van der Waals surface area contributed by atoms with Gasteiger partial charge in [-0.25, -0.2) is 13.5 Å². The molecule has 0 bridgehead atoms. The molecule has 1 aromatic carbocycles. The van der Waals surface area contributed by atoms with Gasteiger partial charge in [-0.3, -0.25) is 4.79 Å². The molecule has 16 nitrogen and oxygen atoms in total. The third-order valence-corrected chi connectivity index (χ3v) is 15.2. The fraction of sp³-hybridized carbons (Fsp3) is 0.812. The molecule has 5 rings (SSSR count). The van der Waals surface area contributed by atoms with Crippen molar-refractivity contribution in [1.82, 2.24) is 24.8 Å². The average molecular weight is 940 g/mol. The number of nitrogens with zero attached hydrogens (tertiary/aromatic N) is 5. The van der Waals surface area contributed by atoms with E-state index < -0.39 is 113 Å². The molecule has 18 heteroatoms. The van der Waals surface area contributed by atoms with Crippen molar-refractivity contribution < 1.29 is 62.8 Å². The largest absolute Gasteiger partial charge is 0.459 e. The number of rotatable bonds is 11. The van der Waals surface area contributed by atoms with Crippen LogP contribution in [-0.2, 0) is 41.4 Å². The predicted molar refractivity (Wildman–Crippen MR) is 241 cm³/mol. The molecule has 3 aliphatic heterocycles. The number of methoxy groups -OCH3 is 1. The Morgan fingerprint density at radius 1 is 0.985 bits per heavy atom. The first-order valence-electron chi connectivity index (χ1n) is 23.7. The van der Waals surface area contributed by atoms with Crippen LogP contribution in [0.3, 0.4) is 0 Å². The summed E-state index contributed by atoms with van der Waals surface area (Å²) in [5, 5.41) is 68.1. The molecule has 3 fully saturated rings. The molecule has 1 aromatic heterocycles. The van der Waals surface area contributed by atoms with E-state index in [-0.39, 0.29) is 43.4 Å². The lowest BCUT2D eigenvalue weighted by molar-refractivity contribution is -0.302. The van der Waals surface area contributed by atoms with Gasteiger partial charge in [0.25, 0.3) is 0 Å². The molecule has 0 amide bonds. The molecular weight excluding hydrogens is 861 g/mol. The SMILES string of the molecule is CC[C@H]1OC(=O)[C@H](C)[C@@H](C2C[C@@](C)(OC)[C@@H](O)[C@H](C)O2)[C@H](C)[C@@H](O[C@@H]2O[C@H](C)C[C@H](N(C)CCc3cn(Cc4c(F)cccc4F)nn3)[C@H]2O)[C@](C)(O)C[C@@H](C)CN(C)[C@H](C)[C@@H](O)[C@]1(C)O. The van der Waals surface area contributed by atoms with Gasteiger partial charge in [0.2, 0.25) is 0 Å². The van der Waals surface area contributed by atoms with Crippen LogP contribution in [0.25, 0.3) is 0 Å². The van der Waals surface area contributed by atoms with Crippen molar-refractivity contribution in [2.45, 2.75) is 192 Å². The van der Waals surface area contributed by atoms with Crippen molar-refractivity contribution in [2.75, 3.05) is 34.3 Å². The third-order valence-electron chi connectivity index (χ3n) is 15.2. The zero-order valence-electron chi connectivity index (χ0n) is 41.3. The number of hydrogen-bond donors (Lipinski definition) is 5. The van der Waals surface area contributed by atoms with Crippen molar-refractivity contribution in [2.24, 2.45) is 23.7 Å². The number of cyclic esters (lactones) is 1. The number of carbonyl (C=O) groups excluding carboxylic acids is 1. The number of likely N-dealkylation sites (N-methyl/N-ethyl adjacent to an activating group) is 2. The van der Waals surface area contributed by atoms with E-state index in [1.165, 1.54) is 36.9 Å². The fourth-order valence-electron chi connectivity index (χ4n) is 11.0. The molecule has 4 heterocycles. The first kappa shape index (κ1) is 54.2. The summed E-state index contributed by atoms with van der Waals surface area (Å²) in [6, 6.07) is 2.65. The quantitative estimate of drug-likeness (QED) is 0.204. The molecule has 0 radical (unpaired) electrons. The van der Waals surface area contributed by atoms with Gasteiger partial charge >= 0.3 is 5.97 Å². The number of benzene rings is 1. The van der Waals surface area contributed by atoms with Gasteiger partial charge in [-0.15, -0.1) is 5.10 Å². The summed E-state index contributed by atoms with van der Waals surface area (Å²) in [4.78, 5) is 18.5. The number of carbonyl (C=O) groups is 1. The van der Waals surface area contributed by atoms with Crippen molar-refractivity contribution >= 4 is 5.97 Å². The van der Waals surface area contributed by atoms with Gasteiger partial charge < -0.3 is 59.0 Å². The fourth-order valence-corrected chi connectivity index (χ4v) is 11.0. The third kappa shape index (κ3) is 12.0. The molecule has 18 atom stereocenters. The first-order valence-corrected chi connectivity index (χ1v) is 23.7. The van der Waals surface area contributed by atoms with Crippen molar-refractivity contribution in [3.63, 3.8) is 0 Å². The maximum Gasteiger partial charge on any atom is 0.309 e. The second-order valence-corrected chi connectivity index (χ2v) is 20.6. The smallest absolute Gasteiger partial charge is 0.309 e. The van der Waals surface area contributed by atoms with Crippen molar-refractivity contribution in [3.05, 3.63) is 47.3 Å². The van der Waals surface area contributed by atoms with Gasteiger partial charge in [0.05, 0.1) is 53.8 Å². The summed E-state index contributed by atoms with van der Waals surface area (Å²) in [6.07, 6.45) is -5.68. The number of esters is 1. The molecule has 1 unspecified atom stereocenters. The Labute approximate surface area is 389 Å². The normalized spacial score (nSPS) is 41.6. The lowest BCUT2D eigenvalue weighted by Gasteiger charge is -2.51. The predicted octanol–water partition coefficient (Wildman–Crippen LogP) is 3.71. The van der Waals surface area contributed by atoms with E-state index in [1.807, 2.05) is 44.7 Å². The maximum absolute atomic E-state index is 14.6. The highest BCUT2D eigenvalue weighted by molar-refractivity contribution is 5.73. The molecule has 66 heavy (non-hydrogen) atoms. The second-order valence-electron chi connectivity index (χ2n) is 20.6. The summed E-state index contributed by atoms with van der Waals surface area (Å²) in [5.74, 6) is -4.60. The topological polar surface area (TPSA) is 202 Å². The standard InChI is InChI=1S/C48H79F2N5O11/c1-14-38-48(10,61)41(57)30(6)54(12)23-26(2)21-46(8,60)43(28(4)39(29(5)44(59)65-38)37-22-47(9,62-13)42(58)31(7)64-37)66-45-40(56)36(20-27(3)63-45)53(11)19-18-32-24-55(52-51-32)25-33-34(49)16-15-17-35(33)50/h15-17,24,26-31,36-43,45,56-58,60-61H,14,18-23,25H2,1-13H3/t26-,27-,28+,29-,30-,31+,36+,37?,38-,39+,40-,41-,42+,43-,45+,46-,47-,48-/m1/s1. The molecule has 0 spiro atoms. The molecule has 376 valence electrons. The number of hydrogen-bond acceptors (Lipinski definition) is 15. The van der Waals surface area contributed by atoms with Gasteiger partial charge in [-0.1, -0.05) is 39.0 Å². The minimum absolute atomic E-state index is 0.114. The Hall–Kier alpha value is -2.75. The molecule has 0 saturated carbocycles. The molecule has 3 aliphatic rings. The van der Waals surface area contributed by atoms with Crippen LogP contribution >= 0.6 is 0 Å². The van der Waals surface area contributed by atoms with E-state index in [9.17, 15) is 39.1 Å². The Morgan fingerprint density at radius 2 is 1.64 bits per heavy atom. The summed E-state index contributed by atoms with van der Waals surface area (Å²) in [6.45, 7) is 18.4. The van der Waals surface area contributed by atoms with E-state index in [1.54, 1.807) is 47.7 Å². The molecule has 0 aliphatic carbocycles. The van der Waals surface area contributed by atoms with E-state index in [0.29, 0.717) is 31.6 Å². The Morgan fingerprint density at radius 3 is 2.26 bits per heavy atom. The van der Waals surface area contributed by atoms with Gasteiger partial charge in [0.15, 0.2) is 6.29 Å². The number of ether oxygens (including phenoxy) is 5. The van der Waals surface area contributed by atoms with E-state index in [0.717, 1.165) is 0 Å². The minimum atomic E-state index is -1.83. The van der Waals surface area contributed by atoms with Crippen molar-refractivity contribution in [1.29, 1.82) is 0 Å². The van der Waals surface area contributed by atoms with Gasteiger partial charge in [0, 0.05) is 62.8 Å². The van der Waals surface area contributed by atoms with Gasteiger partial charge in [-0.2, -0.15) is 0 Å². The number of aliphatic hydroxyl groups excluding tert-OH is 3. The zero-order valence-corrected chi connectivity index (χ0v) is 41.3. The summed E-state index contributed by atoms with van der Waals surface area (Å²) < 4.78 is 62.1. The zero-order chi connectivity index (χ0) is 49.2. The minimum Gasteiger partial charge on any atom is -0.459 e. The highest BCUT2D eigenvalue weighted by Gasteiger charge is 2.55. The second kappa shape index (κ2) is 21.9. The maximum atomic E-state index is 14.6. The first-order chi connectivity index (χ1) is 30.8. The lowest BCUT2D eigenvalue weighted by atomic mass is 9.68. The molecular formula is C48H79F2N5O11. The summed E-state index contributed by atoms with van der Waals surface area (Å²) >= 11 is 0. The van der Waals surface area contributed by atoms with Crippen LogP contribution in [0, 0.1) is 35.3 Å².